The van der Waals surface area contributed by atoms with Crippen LogP contribution in [0, 0.1) is 0 Å². The normalized spacial score (nSPS) is 16.3. The van der Waals surface area contributed by atoms with Gasteiger partial charge in [-0.05, 0) is 23.6 Å². The SMILES string of the molecule is COc1cccc2c1OCC(c1ncnn1Cc1ccccc1)C2. The molecule has 0 spiro atoms. The molecule has 24 heavy (non-hydrogen) atoms. The van der Waals surface area contributed by atoms with Crippen molar-refractivity contribution in [1.82, 2.24) is 14.8 Å². The fourth-order valence-electron chi connectivity index (χ4n) is 3.19. The average Bonchev–Trinajstić information content (AvgIpc) is 3.09. The second-order valence-electron chi connectivity index (χ2n) is 5.92. The van der Waals surface area contributed by atoms with E-state index in [-0.39, 0.29) is 5.92 Å². The van der Waals surface area contributed by atoms with Crippen LogP contribution in [0.5, 0.6) is 11.5 Å². The Morgan fingerprint density at radius 1 is 1.17 bits per heavy atom. The van der Waals surface area contributed by atoms with Gasteiger partial charge in [0.25, 0.3) is 0 Å². The number of methoxy groups -OCH3 is 1. The van der Waals surface area contributed by atoms with Gasteiger partial charge >= 0.3 is 0 Å². The number of ether oxygens (including phenoxy) is 2. The van der Waals surface area contributed by atoms with E-state index in [1.54, 1.807) is 13.4 Å². The molecule has 1 aliphatic heterocycles. The number of para-hydroxylation sites is 1. The molecule has 0 fully saturated rings. The largest absolute Gasteiger partial charge is 0.493 e. The Hall–Kier alpha value is -2.82. The molecule has 0 radical (unpaired) electrons. The molecule has 1 aliphatic rings. The molecule has 1 atom stereocenters. The highest BCUT2D eigenvalue weighted by Gasteiger charge is 2.27. The van der Waals surface area contributed by atoms with E-state index in [0.29, 0.717) is 6.61 Å². The Morgan fingerprint density at radius 3 is 2.88 bits per heavy atom. The van der Waals surface area contributed by atoms with Crippen LogP contribution in [-0.4, -0.2) is 28.5 Å². The summed E-state index contributed by atoms with van der Waals surface area (Å²) in [6.07, 6.45) is 2.50. The summed E-state index contributed by atoms with van der Waals surface area (Å²) in [5.74, 6) is 2.80. The number of hydrogen-bond donors (Lipinski definition) is 0. The molecule has 0 amide bonds. The van der Waals surface area contributed by atoms with Crippen molar-refractivity contribution in [3.05, 3.63) is 71.8 Å². The molecule has 0 saturated carbocycles. The number of aromatic nitrogens is 3. The molecule has 1 unspecified atom stereocenters. The Morgan fingerprint density at radius 2 is 2.04 bits per heavy atom. The Labute approximate surface area is 140 Å². The molecule has 4 rings (SSSR count). The molecule has 0 saturated heterocycles. The molecular weight excluding hydrogens is 302 g/mol. The summed E-state index contributed by atoms with van der Waals surface area (Å²) in [5.41, 5.74) is 2.36. The van der Waals surface area contributed by atoms with Crippen LogP contribution >= 0.6 is 0 Å². The van der Waals surface area contributed by atoms with E-state index in [4.69, 9.17) is 9.47 Å². The van der Waals surface area contributed by atoms with Gasteiger partial charge in [-0.25, -0.2) is 9.67 Å². The minimum Gasteiger partial charge on any atom is -0.493 e. The minimum absolute atomic E-state index is 0.191. The third kappa shape index (κ3) is 2.73. The second kappa shape index (κ2) is 6.35. The molecule has 122 valence electrons. The maximum absolute atomic E-state index is 5.98. The average molecular weight is 321 g/mol. The van der Waals surface area contributed by atoms with Crippen molar-refractivity contribution in [2.45, 2.75) is 18.9 Å². The Balaban J connectivity index is 1.59. The number of hydrogen-bond acceptors (Lipinski definition) is 4. The number of rotatable bonds is 4. The lowest BCUT2D eigenvalue weighted by Crippen LogP contribution is -2.23. The summed E-state index contributed by atoms with van der Waals surface area (Å²) in [5, 5.41) is 4.40. The molecule has 0 N–H and O–H groups in total. The quantitative estimate of drug-likeness (QED) is 0.741. The first-order valence-corrected chi connectivity index (χ1v) is 8.05. The van der Waals surface area contributed by atoms with Crippen LogP contribution in [0.15, 0.2) is 54.9 Å². The predicted molar refractivity (Wildman–Crippen MR) is 90.5 cm³/mol. The molecule has 5 nitrogen and oxygen atoms in total. The third-order valence-corrected chi connectivity index (χ3v) is 4.36. The van der Waals surface area contributed by atoms with Crippen molar-refractivity contribution >= 4 is 0 Å². The van der Waals surface area contributed by atoms with Crippen LogP contribution in [0.3, 0.4) is 0 Å². The van der Waals surface area contributed by atoms with E-state index in [2.05, 4.69) is 28.3 Å². The monoisotopic (exact) mass is 321 g/mol. The van der Waals surface area contributed by atoms with Gasteiger partial charge < -0.3 is 9.47 Å². The van der Waals surface area contributed by atoms with Crippen LogP contribution < -0.4 is 9.47 Å². The van der Waals surface area contributed by atoms with Crippen LogP contribution in [0.2, 0.25) is 0 Å². The molecule has 0 bridgehead atoms. The van der Waals surface area contributed by atoms with Crippen LogP contribution in [0.25, 0.3) is 0 Å². The molecule has 3 aromatic rings. The van der Waals surface area contributed by atoms with Crippen LogP contribution in [0.4, 0.5) is 0 Å². The highest BCUT2D eigenvalue weighted by atomic mass is 16.5. The first kappa shape index (κ1) is 14.8. The lowest BCUT2D eigenvalue weighted by atomic mass is 9.95. The fraction of sp³-hybridized carbons (Fsp3) is 0.263. The molecule has 0 aliphatic carbocycles. The van der Waals surface area contributed by atoms with Crippen molar-refractivity contribution in [2.24, 2.45) is 0 Å². The van der Waals surface area contributed by atoms with E-state index >= 15 is 0 Å². The van der Waals surface area contributed by atoms with Gasteiger partial charge in [0.05, 0.1) is 26.2 Å². The molecule has 1 aromatic heterocycles. The van der Waals surface area contributed by atoms with E-state index in [9.17, 15) is 0 Å². The predicted octanol–water partition coefficient (Wildman–Crippen LogP) is 3.05. The minimum atomic E-state index is 0.191. The summed E-state index contributed by atoms with van der Waals surface area (Å²) >= 11 is 0. The van der Waals surface area contributed by atoms with E-state index in [1.165, 1.54) is 5.56 Å². The zero-order valence-electron chi connectivity index (χ0n) is 13.6. The van der Waals surface area contributed by atoms with E-state index in [1.807, 2.05) is 35.0 Å². The van der Waals surface area contributed by atoms with Gasteiger partial charge in [-0.1, -0.05) is 42.5 Å². The maximum Gasteiger partial charge on any atom is 0.164 e. The third-order valence-electron chi connectivity index (χ3n) is 4.36. The first-order valence-electron chi connectivity index (χ1n) is 8.05. The summed E-state index contributed by atoms with van der Waals surface area (Å²) in [4.78, 5) is 4.49. The van der Waals surface area contributed by atoms with E-state index in [0.717, 1.165) is 35.9 Å². The zero-order valence-corrected chi connectivity index (χ0v) is 13.6. The van der Waals surface area contributed by atoms with Crippen LogP contribution in [0.1, 0.15) is 22.9 Å². The summed E-state index contributed by atoms with van der Waals surface area (Å²) < 4.78 is 13.3. The fourth-order valence-corrected chi connectivity index (χ4v) is 3.19. The number of nitrogens with zero attached hydrogens (tertiary/aromatic N) is 3. The van der Waals surface area contributed by atoms with Crippen molar-refractivity contribution in [3.8, 4) is 11.5 Å². The highest BCUT2D eigenvalue weighted by molar-refractivity contribution is 5.48. The van der Waals surface area contributed by atoms with Crippen LogP contribution in [-0.2, 0) is 13.0 Å². The molecule has 2 heterocycles. The Bertz CT molecular complexity index is 830. The summed E-state index contributed by atoms with van der Waals surface area (Å²) in [7, 11) is 1.67. The number of fused-ring (bicyclic) bond motifs is 1. The molecule has 2 aromatic carbocycles. The first-order chi connectivity index (χ1) is 11.8. The van der Waals surface area contributed by atoms with Crippen molar-refractivity contribution in [2.75, 3.05) is 13.7 Å². The van der Waals surface area contributed by atoms with Gasteiger partial charge in [0.1, 0.15) is 12.2 Å². The van der Waals surface area contributed by atoms with Gasteiger partial charge in [-0.3, -0.25) is 0 Å². The zero-order chi connectivity index (χ0) is 16.4. The topological polar surface area (TPSA) is 49.2 Å². The van der Waals surface area contributed by atoms with Crippen molar-refractivity contribution < 1.29 is 9.47 Å². The van der Waals surface area contributed by atoms with E-state index < -0.39 is 0 Å². The summed E-state index contributed by atoms with van der Waals surface area (Å²) in [6.45, 7) is 1.30. The Kier molecular flexibility index (Phi) is 3.91. The smallest absolute Gasteiger partial charge is 0.164 e. The van der Waals surface area contributed by atoms with Crippen molar-refractivity contribution in [1.29, 1.82) is 0 Å². The van der Waals surface area contributed by atoms with Gasteiger partial charge in [-0.15, -0.1) is 0 Å². The van der Waals surface area contributed by atoms with Gasteiger partial charge in [0, 0.05) is 0 Å². The maximum atomic E-state index is 5.98. The molecular formula is C19H19N3O2. The lowest BCUT2D eigenvalue weighted by Gasteiger charge is -2.26. The van der Waals surface area contributed by atoms with Gasteiger partial charge in [0.2, 0.25) is 0 Å². The van der Waals surface area contributed by atoms with Gasteiger partial charge in [0.15, 0.2) is 11.5 Å². The second-order valence-corrected chi connectivity index (χ2v) is 5.92. The number of benzene rings is 2. The molecule has 5 heteroatoms. The highest BCUT2D eigenvalue weighted by Crippen LogP contribution is 2.38. The summed E-state index contributed by atoms with van der Waals surface area (Å²) in [6, 6.07) is 16.3. The lowest BCUT2D eigenvalue weighted by molar-refractivity contribution is 0.240. The van der Waals surface area contributed by atoms with Crippen molar-refractivity contribution in [3.63, 3.8) is 0 Å². The standard InChI is InChI=1S/C19H19N3O2/c1-23-17-9-5-8-15-10-16(12-24-18(15)17)19-20-13-21-22(19)11-14-6-3-2-4-7-14/h2-9,13,16H,10-12H2,1H3. The van der Waals surface area contributed by atoms with Gasteiger partial charge in [-0.2, -0.15) is 5.10 Å².